The quantitative estimate of drug-likeness (QED) is 0.792. The van der Waals surface area contributed by atoms with Gasteiger partial charge < -0.3 is 10.6 Å². The van der Waals surface area contributed by atoms with Gasteiger partial charge in [-0.2, -0.15) is 0 Å². The normalized spacial score (nSPS) is 9.73. The Hall–Kier alpha value is -1.36. The van der Waals surface area contributed by atoms with Gasteiger partial charge in [0.1, 0.15) is 5.69 Å². The van der Waals surface area contributed by atoms with Crippen LogP contribution in [0.3, 0.4) is 0 Å². The van der Waals surface area contributed by atoms with Crippen molar-refractivity contribution in [1.29, 1.82) is 0 Å². The molecule has 0 unspecified atom stereocenters. The summed E-state index contributed by atoms with van der Waals surface area (Å²) in [6.07, 6.45) is 1.10. The second kappa shape index (κ2) is 10.4. The van der Waals surface area contributed by atoms with Crippen LogP contribution in [0, 0.1) is 6.92 Å². The van der Waals surface area contributed by atoms with Crippen LogP contribution in [-0.2, 0) is 0 Å². The molecule has 0 spiro atoms. The van der Waals surface area contributed by atoms with E-state index in [4.69, 9.17) is 0 Å². The van der Waals surface area contributed by atoms with Crippen molar-refractivity contribution in [2.75, 3.05) is 19.6 Å². The van der Waals surface area contributed by atoms with Gasteiger partial charge in [0.15, 0.2) is 0 Å². The topological polar surface area (TPSA) is 54.0 Å². The van der Waals surface area contributed by atoms with Gasteiger partial charge >= 0.3 is 0 Å². The number of benzene rings is 1. The van der Waals surface area contributed by atoms with Gasteiger partial charge in [0.25, 0.3) is 5.91 Å². The van der Waals surface area contributed by atoms with Crippen molar-refractivity contribution >= 4 is 41.6 Å². The Morgan fingerprint density at radius 3 is 2.59 bits per heavy atom. The summed E-state index contributed by atoms with van der Waals surface area (Å²) in [5.74, 6) is -0.114. The van der Waals surface area contributed by atoms with E-state index in [0.29, 0.717) is 12.2 Å². The van der Waals surface area contributed by atoms with Gasteiger partial charge in [-0.05, 0) is 37.6 Å². The van der Waals surface area contributed by atoms with Crippen LogP contribution < -0.4 is 10.6 Å². The number of nitrogens with one attached hydrogen (secondary N) is 2. The van der Waals surface area contributed by atoms with E-state index in [9.17, 15) is 4.79 Å². The summed E-state index contributed by atoms with van der Waals surface area (Å²) in [6.45, 7) is 6.50. The maximum Gasteiger partial charge on any atom is 0.269 e. The highest BCUT2D eigenvalue weighted by molar-refractivity contribution is 5.95. The summed E-state index contributed by atoms with van der Waals surface area (Å²) < 4.78 is 0. The van der Waals surface area contributed by atoms with Crippen LogP contribution in [0.2, 0.25) is 0 Å². The Bertz CT molecular complexity index is 605. The van der Waals surface area contributed by atoms with E-state index in [1.54, 1.807) is 0 Å². The van der Waals surface area contributed by atoms with Crippen LogP contribution in [0.5, 0.6) is 0 Å². The predicted molar refractivity (Wildman–Crippen MR) is 96.5 cm³/mol. The first kappa shape index (κ1) is 20.6. The van der Waals surface area contributed by atoms with Crippen LogP contribution >= 0.6 is 24.8 Å². The number of pyridine rings is 1. The number of para-hydroxylation sites is 1. The minimum absolute atomic E-state index is 0. The Balaban J connectivity index is 0.00000220. The Kier molecular flexibility index (Phi) is 9.74. The Morgan fingerprint density at radius 1 is 1.14 bits per heavy atom. The van der Waals surface area contributed by atoms with Crippen molar-refractivity contribution in [3.8, 4) is 0 Å². The molecule has 4 nitrogen and oxygen atoms in total. The number of hydrogen-bond donors (Lipinski definition) is 2. The predicted octanol–water partition coefficient (Wildman–Crippen LogP) is 3.12. The molecule has 0 aliphatic rings. The van der Waals surface area contributed by atoms with Crippen molar-refractivity contribution < 1.29 is 4.79 Å². The van der Waals surface area contributed by atoms with E-state index in [0.717, 1.165) is 36.0 Å². The summed E-state index contributed by atoms with van der Waals surface area (Å²) in [4.78, 5) is 16.5. The van der Waals surface area contributed by atoms with Gasteiger partial charge in [-0.3, -0.25) is 4.79 Å². The SMILES string of the molecule is CCCNCCNC(=O)c1cc(C)c2ccccc2n1.Cl.Cl. The molecule has 0 bridgehead atoms. The van der Waals surface area contributed by atoms with Crippen molar-refractivity contribution in [3.63, 3.8) is 0 Å². The summed E-state index contributed by atoms with van der Waals surface area (Å²) in [5.41, 5.74) is 2.42. The van der Waals surface area contributed by atoms with Crippen molar-refractivity contribution in [1.82, 2.24) is 15.6 Å². The van der Waals surface area contributed by atoms with E-state index in [1.165, 1.54) is 0 Å². The fraction of sp³-hybridized carbons (Fsp3) is 0.375. The summed E-state index contributed by atoms with van der Waals surface area (Å²) in [6, 6.07) is 9.72. The molecule has 0 atom stereocenters. The number of aromatic nitrogens is 1. The maximum atomic E-state index is 12.1. The fourth-order valence-corrected chi connectivity index (χ4v) is 2.12. The van der Waals surface area contributed by atoms with Crippen LogP contribution in [0.1, 0.15) is 29.4 Å². The molecule has 0 aliphatic carbocycles. The number of hydrogen-bond acceptors (Lipinski definition) is 3. The highest BCUT2D eigenvalue weighted by atomic mass is 35.5. The van der Waals surface area contributed by atoms with Crippen LogP contribution in [0.15, 0.2) is 30.3 Å². The zero-order valence-corrected chi connectivity index (χ0v) is 14.5. The highest BCUT2D eigenvalue weighted by Gasteiger charge is 2.09. The van der Waals surface area contributed by atoms with Crippen LogP contribution in [-0.4, -0.2) is 30.5 Å². The lowest BCUT2D eigenvalue weighted by molar-refractivity contribution is 0.0949. The van der Waals surface area contributed by atoms with E-state index in [2.05, 4.69) is 22.5 Å². The molecule has 2 aromatic rings. The second-order valence-electron chi connectivity index (χ2n) is 4.85. The third-order valence-electron chi connectivity index (χ3n) is 3.17. The molecular weight excluding hydrogens is 321 g/mol. The Morgan fingerprint density at radius 2 is 1.86 bits per heavy atom. The minimum atomic E-state index is -0.114. The molecule has 6 heteroatoms. The number of nitrogens with zero attached hydrogens (tertiary/aromatic N) is 1. The summed E-state index contributed by atoms with van der Waals surface area (Å²) >= 11 is 0. The molecule has 1 aromatic carbocycles. The number of amides is 1. The highest BCUT2D eigenvalue weighted by Crippen LogP contribution is 2.17. The van der Waals surface area contributed by atoms with Gasteiger partial charge in [-0.15, -0.1) is 24.8 Å². The molecule has 0 radical (unpaired) electrons. The van der Waals surface area contributed by atoms with Gasteiger partial charge in [0.2, 0.25) is 0 Å². The van der Waals surface area contributed by atoms with E-state index >= 15 is 0 Å². The van der Waals surface area contributed by atoms with Gasteiger partial charge in [-0.25, -0.2) is 4.98 Å². The maximum absolute atomic E-state index is 12.1. The van der Waals surface area contributed by atoms with Crippen LogP contribution in [0.4, 0.5) is 0 Å². The summed E-state index contributed by atoms with van der Waals surface area (Å²) in [5, 5.41) is 7.22. The van der Waals surface area contributed by atoms with Gasteiger partial charge in [0.05, 0.1) is 5.52 Å². The van der Waals surface area contributed by atoms with Gasteiger partial charge in [0, 0.05) is 18.5 Å². The first-order valence-corrected chi connectivity index (χ1v) is 7.07. The molecule has 0 fully saturated rings. The third-order valence-corrected chi connectivity index (χ3v) is 3.17. The molecule has 2 rings (SSSR count). The molecule has 2 N–H and O–H groups in total. The number of rotatable bonds is 6. The zero-order chi connectivity index (χ0) is 14.4. The molecule has 1 aromatic heterocycles. The Labute approximate surface area is 143 Å². The van der Waals surface area contributed by atoms with Crippen LogP contribution in [0.25, 0.3) is 10.9 Å². The fourth-order valence-electron chi connectivity index (χ4n) is 2.12. The van der Waals surface area contributed by atoms with E-state index in [1.807, 2.05) is 37.3 Å². The molecule has 122 valence electrons. The van der Waals surface area contributed by atoms with E-state index < -0.39 is 0 Å². The zero-order valence-electron chi connectivity index (χ0n) is 12.9. The second-order valence-corrected chi connectivity index (χ2v) is 4.85. The van der Waals surface area contributed by atoms with Crippen molar-refractivity contribution in [3.05, 3.63) is 41.6 Å². The molecule has 0 saturated carbocycles. The standard InChI is InChI=1S/C16H21N3O.2ClH/c1-3-8-17-9-10-18-16(20)15-11-12(2)13-6-4-5-7-14(13)19-15;;/h4-7,11,17H,3,8-10H2,1-2H3,(H,18,20);2*1H. The monoisotopic (exact) mass is 343 g/mol. The number of carbonyl (C=O) groups excluding carboxylic acids is 1. The van der Waals surface area contributed by atoms with Gasteiger partial charge in [-0.1, -0.05) is 25.1 Å². The number of carbonyl (C=O) groups is 1. The molecule has 22 heavy (non-hydrogen) atoms. The number of fused-ring (bicyclic) bond motifs is 1. The van der Waals surface area contributed by atoms with Crippen molar-refractivity contribution in [2.24, 2.45) is 0 Å². The molecule has 0 saturated heterocycles. The number of aryl methyl sites for hydroxylation is 1. The largest absolute Gasteiger partial charge is 0.349 e. The number of halogens is 2. The molecule has 1 amide bonds. The minimum Gasteiger partial charge on any atom is -0.349 e. The summed E-state index contributed by atoms with van der Waals surface area (Å²) in [7, 11) is 0. The molecular formula is C16H23Cl2N3O. The average molecular weight is 344 g/mol. The third kappa shape index (κ3) is 5.44. The lowest BCUT2D eigenvalue weighted by atomic mass is 10.1. The lowest BCUT2D eigenvalue weighted by Crippen LogP contribution is -2.32. The van der Waals surface area contributed by atoms with Crippen molar-refractivity contribution in [2.45, 2.75) is 20.3 Å². The average Bonchev–Trinajstić information content (AvgIpc) is 2.47. The molecule has 1 heterocycles. The first-order chi connectivity index (χ1) is 9.72. The lowest BCUT2D eigenvalue weighted by Gasteiger charge is -2.08. The van der Waals surface area contributed by atoms with E-state index in [-0.39, 0.29) is 30.7 Å². The first-order valence-electron chi connectivity index (χ1n) is 7.07. The smallest absolute Gasteiger partial charge is 0.269 e. The molecule has 0 aliphatic heterocycles.